The smallest absolute Gasteiger partial charge is 0.293 e. The Morgan fingerprint density at radius 1 is 0.929 bits per heavy atom. The minimum atomic E-state index is 0.478. The number of ether oxygens (including phenoxy) is 3. The molecule has 0 fully saturated rings. The van der Waals surface area contributed by atoms with Gasteiger partial charge in [0.25, 0.3) is 6.47 Å². The van der Waals surface area contributed by atoms with Crippen LogP contribution in [-0.2, 0) is 19.0 Å². The van der Waals surface area contributed by atoms with Crippen molar-refractivity contribution in [2.75, 3.05) is 33.5 Å². The van der Waals surface area contributed by atoms with E-state index in [9.17, 15) is 4.79 Å². The Balaban J connectivity index is 2.81. The summed E-state index contributed by atoms with van der Waals surface area (Å²) in [6, 6.07) is 0. The molecule has 0 spiro atoms. The Kier molecular flexibility index (Phi) is 11.9. The molecule has 0 rings (SSSR count). The van der Waals surface area contributed by atoms with Gasteiger partial charge < -0.3 is 14.2 Å². The van der Waals surface area contributed by atoms with Crippen LogP contribution in [-0.4, -0.2) is 40.0 Å². The van der Waals surface area contributed by atoms with Crippen molar-refractivity contribution in [3.63, 3.8) is 0 Å². The van der Waals surface area contributed by atoms with Crippen LogP contribution in [0, 0.1) is 0 Å². The molecule has 0 aromatic rings. The average molecular weight is 204 g/mol. The molecular formula is C10H20O4. The van der Waals surface area contributed by atoms with Crippen LogP contribution in [0.2, 0.25) is 0 Å². The van der Waals surface area contributed by atoms with Crippen molar-refractivity contribution >= 4 is 6.47 Å². The fourth-order valence-corrected chi connectivity index (χ4v) is 0.990. The second kappa shape index (κ2) is 12.4. The largest absolute Gasteiger partial charge is 0.468 e. The quantitative estimate of drug-likeness (QED) is 0.377. The van der Waals surface area contributed by atoms with Gasteiger partial charge in [0.2, 0.25) is 0 Å². The van der Waals surface area contributed by atoms with Gasteiger partial charge in [-0.15, -0.1) is 0 Å². The molecule has 0 N–H and O–H groups in total. The van der Waals surface area contributed by atoms with Gasteiger partial charge in [0.1, 0.15) is 0 Å². The molecule has 0 unspecified atom stereocenters. The van der Waals surface area contributed by atoms with E-state index >= 15 is 0 Å². The summed E-state index contributed by atoms with van der Waals surface area (Å²) < 4.78 is 14.8. The van der Waals surface area contributed by atoms with Crippen molar-refractivity contribution in [3.8, 4) is 0 Å². The topological polar surface area (TPSA) is 44.8 Å². The molecule has 14 heavy (non-hydrogen) atoms. The van der Waals surface area contributed by atoms with Crippen LogP contribution in [0.15, 0.2) is 0 Å². The Hall–Kier alpha value is -0.610. The minimum Gasteiger partial charge on any atom is -0.468 e. The molecule has 0 aliphatic rings. The first-order valence-electron chi connectivity index (χ1n) is 5.03. The van der Waals surface area contributed by atoms with E-state index in [0.717, 1.165) is 45.5 Å². The Morgan fingerprint density at radius 3 is 2.07 bits per heavy atom. The molecule has 0 heterocycles. The first-order chi connectivity index (χ1) is 6.91. The van der Waals surface area contributed by atoms with E-state index in [-0.39, 0.29) is 0 Å². The summed E-state index contributed by atoms with van der Waals surface area (Å²) in [6.45, 7) is 3.31. The Labute approximate surface area is 85.5 Å². The average Bonchev–Trinajstić information content (AvgIpc) is 2.21. The lowest BCUT2D eigenvalue weighted by Gasteiger charge is -2.03. The van der Waals surface area contributed by atoms with Crippen LogP contribution in [0.5, 0.6) is 0 Å². The lowest BCUT2D eigenvalue weighted by molar-refractivity contribution is -0.128. The maximum atomic E-state index is 9.78. The number of carbonyl (C=O) groups excluding carboxylic acids is 1. The number of hydrogen-bond donors (Lipinski definition) is 0. The van der Waals surface area contributed by atoms with Gasteiger partial charge in [-0.2, -0.15) is 0 Å². The predicted molar refractivity (Wildman–Crippen MR) is 53.2 cm³/mol. The minimum absolute atomic E-state index is 0.478. The molecule has 4 nitrogen and oxygen atoms in total. The third kappa shape index (κ3) is 11.4. The SMILES string of the molecule is COCCCCOCCCCOC=O. The van der Waals surface area contributed by atoms with Crippen LogP contribution in [0.1, 0.15) is 25.7 Å². The van der Waals surface area contributed by atoms with E-state index in [1.807, 2.05) is 0 Å². The molecule has 0 aromatic carbocycles. The molecule has 0 radical (unpaired) electrons. The zero-order valence-electron chi connectivity index (χ0n) is 8.87. The van der Waals surface area contributed by atoms with Crippen LogP contribution >= 0.6 is 0 Å². The molecule has 0 saturated carbocycles. The van der Waals surface area contributed by atoms with E-state index in [2.05, 4.69) is 4.74 Å². The van der Waals surface area contributed by atoms with Crippen molar-refractivity contribution in [2.24, 2.45) is 0 Å². The second-order valence-corrected chi connectivity index (χ2v) is 2.99. The standard InChI is InChI=1S/C10H20O4/c1-12-6-2-3-7-13-8-4-5-9-14-10-11/h10H,2-9H2,1H3. The number of carbonyl (C=O) groups is 1. The second-order valence-electron chi connectivity index (χ2n) is 2.99. The number of methoxy groups -OCH3 is 1. The number of hydrogen-bond acceptors (Lipinski definition) is 4. The molecule has 0 bridgehead atoms. The van der Waals surface area contributed by atoms with E-state index in [1.165, 1.54) is 0 Å². The molecule has 0 atom stereocenters. The molecule has 0 saturated heterocycles. The third-order valence-corrected chi connectivity index (χ3v) is 1.76. The zero-order valence-corrected chi connectivity index (χ0v) is 8.87. The summed E-state index contributed by atoms with van der Waals surface area (Å²) in [5, 5.41) is 0. The van der Waals surface area contributed by atoms with Gasteiger partial charge >= 0.3 is 0 Å². The van der Waals surface area contributed by atoms with Crippen molar-refractivity contribution in [2.45, 2.75) is 25.7 Å². The van der Waals surface area contributed by atoms with Crippen molar-refractivity contribution < 1.29 is 19.0 Å². The monoisotopic (exact) mass is 204 g/mol. The predicted octanol–water partition coefficient (Wildman–Crippen LogP) is 1.38. The highest BCUT2D eigenvalue weighted by Crippen LogP contribution is 1.94. The van der Waals surface area contributed by atoms with Gasteiger partial charge in [0, 0.05) is 26.9 Å². The van der Waals surface area contributed by atoms with Gasteiger partial charge in [-0.1, -0.05) is 0 Å². The summed E-state index contributed by atoms with van der Waals surface area (Å²) >= 11 is 0. The molecule has 0 amide bonds. The molecule has 0 aliphatic carbocycles. The van der Waals surface area contributed by atoms with Gasteiger partial charge in [0.15, 0.2) is 0 Å². The van der Waals surface area contributed by atoms with Crippen molar-refractivity contribution in [3.05, 3.63) is 0 Å². The van der Waals surface area contributed by atoms with E-state index in [4.69, 9.17) is 9.47 Å². The van der Waals surface area contributed by atoms with Crippen molar-refractivity contribution in [1.82, 2.24) is 0 Å². The highest BCUT2D eigenvalue weighted by molar-refractivity contribution is 5.36. The molecule has 84 valence electrons. The van der Waals surface area contributed by atoms with Crippen LogP contribution in [0.4, 0.5) is 0 Å². The van der Waals surface area contributed by atoms with Gasteiger partial charge in [-0.25, -0.2) is 0 Å². The van der Waals surface area contributed by atoms with Gasteiger partial charge in [-0.3, -0.25) is 4.79 Å². The number of rotatable bonds is 11. The summed E-state index contributed by atoms with van der Waals surface area (Å²) in [5.74, 6) is 0. The molecular weight excluding hydrogens is 184 g/mol. The normalized spacial score (nSPS) is 10.1. The third-order valence-electron chi connectivity index (χ3n) is 1.76. The zero-order chi connectivity index (χ0) is 10.5. The maximum absolute atomic E-state index is 9.78. The fourth-order valence-electron chi connectivity index (χ4n) is 0.990. The first-order valence-corrected chi connectivity index (χ1v) is 5.03. The number of unbranched alkanes of at least 4 members (excludes halogenated alkanes) is 2. The summed E-state index contributed by atoms with van der Waals surface area (Å²) in [6.07, 6.45) is 3.90. The first kappa shape index (κ1) is 13.4. The lowest BCUT2D eigenvalue weighted by Crippen LogP contribution is -2.00. The summed E-state index contributed by atoms with van der Waals surface area (Å²) in [7, 11) is 1.70. The lowest BCUT2D eigenvalue weighted by atomic mass is 10.3. The molecule has 0 aromatic heterocycles. The summed E-state index contributed by atoms with van der Waals surface area (Å²) in [4.78, 5) is 9.78. The van der Waals surface area contributed by atoms with E-state index in [0.29, 0.717) is 13.1 Å². The van der Waals surface area contributed by atoms with Crippen molar-refractivity contribution in [1.29, 1.82) is 0 Å². The van der Waals surface area contributed by atoms with Gasteiger partial charge in [0.05, 0.1) is 6.61 Å². The highest BCUT2D eigenvalue weighted by atomic mass is 16.5. The van der Waals surface area contributed by atoms with Crippen LogP contribution in [0.3, 0.4) is 0 Å². The highest BCUT2D eigenvalue weighted by Gasteiger charge is 1.91. The van der Waals surface area contributed by atoms with Crippen LogP contribution in [0.25, 0.3) is 0 Å². The van der Waals surface area contributed by atoms with Crippen LogP contribution < -0.4 is 0 Å². The fraction of sp³-hybridized carbons (Fsp3) is 0.900. The van der Waals surface area contributed by atoms with E-state index < -0.39 is 0 Å². The molecule has 4 heteroatoms. The molecule has 0 aliphatic heterocycles. The van der Waals surface area contributed by atoms with Gasteiger partial charge in [-0.05, 0) is 25.7 Å². The Bertz CT molecular complexity index is 117. The summed E-state index contributed by atoms with van der Waals surface area (Å²) in [5.41, 5.74) is 0. The van der Waals surface area contributed by atoms with E-state index in [1.54, 1.807) is 7.11 Å². The maximum Gasteiger partial charge on any atom is 0.293 e. The Morgan fingerprint density at radius 2 is 1.50 bits per heavy atom.